The molecule has 0 fully saturated rings. The molecule has 25 heavy (non-hydrogen) atoms. The predicted molar refractivity (Wildman–Crippen MR) is 93.9 cm³/mol. The molecule has 0 aliphatic rings. The number of aryl methyl sites for hydroxylation is 1. The standard InChI is InChI=1S/C18H23N3O4/c1-5-19-15(22)10-24-14-8-6-13(7-9-14)20-18(23)16-12(4)21-25-17(16)11(2)3/h6-9,11H,5,10H2,1-4H3,(H,19,22)(H,20,23). The molecular weight excluding hydrogens is 322 g/mol. The maximum atomic E-state index is 12.5. The van der Waals surface area contributed by atoms with Crippen LogP contribution in [0.1, 0.15) is 48.5 Å². The minimum absolute atomic E-state index is 0.0445. The van der Waals surface area contributed by atoms with Crippen molar-refractivity contribution in [2.75, 3.05) is 18.5 Å². The molecule has 2 aromatic rings. The molecule has 2 amide bonds. The van der Waals surface area contributed by atoms with Gasteiger partial charge in [0.05, 0.1) is 5.69 Å². The summed E-state index contributed by atoms with van der Waals surface area (Å²) >= 11 is 0. The van der Waals surface area contributed by atoms with E-state index in [4.69, 9.17) is 9.26 Å². The number of nitrogens with one attached hydrogen (secondary N) is 2. The van der Waals surface area contributed by atoms with Crippen LogP contribution >= 0.6 is 0 Å². The van der Waals surface area contributed by atoms with Gasteiger partial charge in [0.15, 0.2) is 12.4 Å². The average molecular weight is 345 g/mol. The molecule has 7 heteroatoms. The van der Waals surface area contributed by atoms with Gasteiger partial charge < -0.3 is 19.9 Å². The maximum absolute atomic E-state index is 12.5. The lowest BCUT2D eigenvalue weighted by Crippen LogP contribution is -2.28. The lowest BCUT2D eigenvalue weighted by atomic mass is 10.0. The van der Waals surface area contributed by atoms with Gasteiger partial charge in [0.2, 0.25) is 0 Å². The van der Waals surface area contributed by atoms with Crippen LogP contribution in [0.2, 0.25) is 0 Å². The average Bonchev–Trinajstić information content (AvgIpc) is 2.96. The van der Waals surface area contributed by atoms with Gasteiger partial charge in [0.25, 0.3) is 11.8 Å². The minimum Gasteiger partial charge on any atom is -0.484 e. The van der Waals surface area contributed by atoms with Gasteiger partial charge in [0, 0.05) is 18.2 Å². The normalized spacial score (nSPS) is 10.6. The molecule has 0 saturated carbocycles. The number of nitrogens with zero attached hydrogens (tertiary/aromatic N) is 1. The number of likely N-dealkylation sites (N-methyl/N-ethyl adjacent to an activating group) is 1. The maximum Gasteiger partial charge on any atom is 0.261 e. The summed E-state index contributed by atoms with van der Waals surface area (Å²) in [5, 5.41) is 9.35. The number of benzene rings is 1. The van der Waals surface area contributed by atoms with E-state index in [1.54, 1.807) is 31.2 Å². The van der Waals surface area contributed by atoms with Crippen molar-refractivity contribution in [1.82, 2.24) is 10.5 Å². The van der Waals surface area contributed by atoms with E-state index in [9.17, 15) is 9.59 Å². The SMILES string of the molecule is CCNC(=O)COc1ccc(NC(=O)c2c(C)noc2C(C)C)cc1. The molecule has 2 N–H and O–H groups in total. The van der Waals surface area contributed by atoms with Gasteiger partial charge in [0.1, 0.15) is 11.3 Å². The molecule has 1 aromatic heterocycles. The summed E-state index contributed by atoms with van der Waals surface area (Å²) in [6.45, 7) is 7.99. The molecule has 0 bridgehead atoms. The van der Waals surface area contributed by atoms with Crippen molar-refractivity contribution < 1.29 is 18.8 Å². The molecule has 0 aliphatic carbocycles. The van der Waals surface area contributed by atoms with Crippen molar-refractivity contribution in [3.05, 3.63) is 41.3 Å². The molecule has 0 saturated heterocycles. The predicted octanol–water partition coefficient (Wildman–Crippen LogP) is 2.87. The smallest absolute Gasteiger partial charge is 0.261 e. The third-order valence-corrected chi connectivity index (χ3v) is 3.50. The summed E-state index contributed by atoms with van der Waals surface area (Å²) in [7, 11) is 0. The Labute approximate surface area is 146 Å². The zero-order chi connectivity index (χ0) is 18.4. The lowest BCUT2D eigenvalue weighted by Gasteiger charge is -2.09. The molecular formula is C18H23N3O4. The zero-order valence-corrected chi connectivity index (χ0v) is 14.9. The third kappa shape index (κ3) is 4.82. The van der Waals surface area contributed by atoms with Crippen LogP contribution in [-0.4, -0.2) is 30.1 Å². The molecule has 7 nitrogen and oxygen atoms in total. The van der Waals surface area contributed by atoms with Crippen LogP contribution < -0.4 is 15.4 Å². The quantitative estimate of drug-likeness (QED) is 0.805. The summed E-state index contributed by atoms with van der Waals surface area (Å²) in [4.78, 5) is 23.9. The Bertz CT molecular complexity index is 735. The van der Waals surface area contributed by atoms with Gasteiger partial charge in [-0.15, -0.1) is 0 Å². The number of hydrogen-bond donors (Lipinski definition) is 2. The number of aromatic nitrogens is 1. The highest BCUT2D eigenvalue weighted by Gasteiger charge is 2.22. The van der Waals surface area contributed by atoms with Gasteiger partial charge in [-0.05, 0) is 38.1 Å². The molecule has 1 heterocycles. The highest BCUT2D eigenvalue weighted by molar-refractivity contribution is 6.05. The fourth-order valence-corrected chi connectivity index (χ4v) is 2.28. The fourth-order valence-electron chi connectivity index (χ4n) is 2.28. The van der Waals surface area contributed by atoms with Crippen LogP contribution in [0.3, 0.4) is 0 Å². The van der Waals surface area contributed by atoms with E-state index in [2.05, 4.69) is 15.8 Å². The molecule has 0 spiro atoms. The molecule has 0 aliphatic heterocycles. The van der Waals surface area contributed by atoms with Crippen LogP contribution in [0.4, 0.5) is 5.69 Å². The van der Waals surface area contributed by atoms with Crippen LogP contribution in [0, 0.1) is 6.92 Å². The van der Waals surface area contributed by atoms with Crippen molar-refractivity contribution in [1.29, 1.82) is 0 Å². The second-order valence-electron chi connectivity index (χ2n) is 5.88. The second kappa shape index (κ2) is 8.32. The Kier molecular flexibility index (Phi) is 6.16. The second-order valence-corrected chi connectivity index (χ2v) is 5.88. The monoisotopic (exact) mass is 345 g/mol. The fraction of sp³-hybridized carbons (Fsp3) is 0.389. The Morgan fingerprint density at radius 1 is 1.24 bits per heavy atom. The molecule has 2 rings (SSSR count). The Balaban J connectivity index is 2.00. The molecule has 0 radical (unpaired) electrons. The molecule has 0 unspecified atom stereocenters. The number of carbonyl (C=O) groups is 2. The highest BCUT2D eigenvalue weighted by Crippen LogP contribution is 2.24. The largest absolute Gasteiger partial charge is 0.484 e. The first-order chi connectivity index (χ1) is 11.9. The van der Waals surface area contributed by atoms with Gasteiger partial charge in [-0.3, -0.25) is 9.59 Å². The number of ether oxygens (including phenoxy) is 1. The van der Waals surface area contributed by atoms with Crippen LogP contribution in [0.5, 0.6) is 5.75 Å². The van der Waals surface area contributed by atoms with Crippen molar-refractivity contribution in [2.24, 2.45) is 0 Å². The number of rotatable bonds is 7. The molecule has 1 aromatic carbocycles. The van der Waals surface area contributed by atoms with E-state index in [0.717, 1.165) is 0 Å². The number of amides is 2. The third-order valence-electron chi connectivity index (χ3n) is 3.50. The molecule has 0 atom stereocenters. The van der Waals surface area contributed by atoms with Crippen molar-refractivity contribution >= 4 is 17.5 Å². The van der Waals surface area contributed by atoms with Gasteiger partial charge >= 0.3 is 0 Å². The topological polar surface area (TPSA) is 93.5 Å². The van der Waals surface area contributed by atoms with Gasteiger partial charge in [-0.2, -0.15) is 0 Å². The zero-order valence-electron chi connectivity index (χ0n) is 14.9. The van der Waals surface area contributed by atoms with Crippen LogP contribution in [0.15, 0.2) is 28.8 Å². The Morgan fingerprint density at radius 3 is 2.52 bits per heavy atom. The summed E-state index contributed by atoms with van der Waals surface area (Å²) in [6, 6.07) is 6.81. The van der Waals surface area contributed by atoms with Crippen molar-refractivity contribution in [3.8, 4) is 5.75 Å². The van der Waals surface area contributed by atoms with E-state index in [1.807, 2.05) is 20.8 Å². The summed E-state index contributed by atoms with van der Waals surface area (Å²) in [5.74, 6) is 0.736. The first-order valence-corrected chi connectivity index (χ1v) is 8.19. The summed E-state index contributed by atoms with van der Waals surface area (Å²) < 4.78 is 10.6. The van der Waals surface area contributed by atoms with E-state index in [-0.39, 0.29) is 24.3 Å². The van der Waals surface area contributed by atoms with E-state index in [0.29, 0.717) is 35.0 Å². The van der Waals surface area contributed by atoms with Crippen LogP contribution in [-0.2, 0) is 4.79 Å². The summed E-state index contributed by atoms with van der Waals surface area (Å²) in [5.41, 5.74) is 1.64. The highest BCUT2D eigenvalue weighted by atomic mass is 16.5. The van der Waals surface area contributed by atoms with E-state index in [1.165, 1.54) is 0 Å². The lowest BCUT2D eigenvalue weighted by molar-refractivity contribution is -0.122. The number of anilines is 1. The van der Waals surface area contributed by atoms with E-state index >= 15 is 0 Å². The summed E-state index contributed by atoms with van der Waals surface area (Å²) in [6.07, 6.45) is 0. The first kappa shape index (κ1) is 18.5. The van der Waals surface area contributed by atoms with Gasteiger partial charge in [-0.1, -0.05) is 19.0 Å². The first-order valence-electron chi connectivity index (χ1n) is 8.19. The van der Waals surface area contributed by atoms with Gasteiger partial charge in [-0.25, -0.2) is 0 Å². The Morgan fingerprint density at radius 2 is 1.92 bits per heavy atom. The van der Waals surface area contributed by atoms with Crippen molar-refractivity contribution in [2.45, 2.75) is 33.6 Å². The van der Waals surface area contributed by atoms with E-state index < -0.39 is 0 Å². The molecule has 134 valence electrons. The van der Waals surface area contributed by atoms with Crippen molar-refractivity contribution in [3.63, 3.8) is 0 Å². The number of hydrogen-bond acceptors (Lipinski definition) is 5. The minimum atomic E-state index is -0.265. The Hall–Kier alpha value is -2.83. The number of carbonyl (C=O) groups excluding carboxylic acids is 2. The van der Waals surface area contributed by atoms with Crippen LogP contribution in [0.25, 0.3) is 0 Å².